The van der Waals surface area contributed by atoms with Gasteiger partial charge in [-0.3, -0.25) is 15.0 Å². The summed E-state index contributed by atoms with van der Waals surface area (Å²) < 4.78 is 6.10. The highest BCUT2D eigenvalue weighted by molar-refractivity contribution is 9.10. The van der Waals surface area contributed by atoms with Gasteiger partial charge in [0.25, 0.3) is 11.8 Å². The molecule has 0 atom stereocenters. The number of benzene rings is 2. The molecule has 0 radical (unpaired) electrons. The Kier molecular flexibility index (Phi) is 5.44. The van der Waals surface area contributed by atoms with E-state index in [9.17, 15) is 9.59 Å². The van der Waals surface area contributed by atoms with E-state index in [1.165, 1.54) is 11.1 Å². The van der Waals surface area contributed by atoms with Crippen LogP contribution < -0.4 is 15.2 Å². The second kappa shape index (κ2) is 7.76. The Labute approximate surface area is 164 Å². The van der Waals surface area contributed by atoms with Gasteiger partial charge in [-0.05, 0) is 51.8 Å². The quantitative estimate of drug-likeness (QED) is 0.438. The second-order valence-electron chi connectivity index (χ2n) is 5.39. The third-order valence-corrected chi connectivity index (χ3v) is 4.45. The molecule has 3 rings (SSSR count). The second-order valence-corrected chi connectivity index (χ2v) is 6.65. The van der Waals surface area contributed by atoms with Gasteiger partial charge in [0.1, 0.15) is 12.2 Å². The molecule has 0 unspecified atom stereocenters. The molecule has 2 aromatic rings. The van der Waals surface area contributed by atoms with Crippen LogP contribution in [0.5, 0.6) is 5.75 Å². The van der Waals surface area contributed by atoms with Crippen molar-refractivity contribution in [3.8, 4) is 5.75 Å². The van der Waals surface area contributed by atoms with Gasteiger partial charge in [0.05, 0.1) is 15.2 Å². The highest BCUT2D eigenvalue weighted by Gasteiger charge is 2.34. The molecular formula is C19H14BrClN2O3. The summed E-state index contributed by atoms with van der Waals surface area (Å²) in [5, 5.41) is 1.57. The third-order valence-electron chi connectivity index (χ3n) is 3.58. The van der Waals surface area contributed by atoms with Crippen LogP contribution in [-0.2, 0) is 9.59 Å². The monoisotopic (exact) mass is 432 g/mol. The number of amides is 2. The molecule has 0 bridgehead atoms. The van der Waals surface area contributed by atoms with Crippen molar-refractivity contribution in [2.75, 3.05) is 11.6 Å². The van der Waals surface area contributed by atoms with Crippen molar-refractivity contribution in [3.63, 3.8) is 0 Å². The van der Waals surface area contributed by atoms with Crippen molar-refractivity contribution in [3.05, 3.63) is 75.8 Å². The number of rotatable bonds is 5. The van der Waals surface area contributed by atoms with E-state index in [1.807, 2.05) is 6.07 Å². The molecule has 1 aliphatic heterocycles. The van der Waals surface area contributed by atoms with Gasteiger partial charge in [-0.1, -0.05) is 42.5 Å². The molecule has 2 amide bonds. The summed E-state index contributed by atoms with van der Waals surface area (Å²) in [6, 6.07) is 12.2. The molecule has 1 fully saturated rings. The summed E-state index contributed by atoms with van der Waals surface area (Å²) in [4.78, 5) is 24.8. The zero-order valence-corrected chi connectivity index (χ0v) is 15.9. The Morgan fingerprint density at radius 2 is 1.96 bits per heavy atom. The van der Waals surface area contributed by atoms with Crippen LogP contribution in [0, 0.1) is 0 Å². The van der Waals surface area contributed by atoms with Crippen LogP contribution in [0.4, 0.5) is 5.69 Å². The minimum Gasteiger partial charge on any atom is -0.487 e. The van der Waals surface area contributed by atoms with Gasteiger partial charge in [0, 0.05) is 0 Å². The Bertz CT molecular complexity index is 889. The molecule has 132 valence electrons. The van der Waals surface area contributed by atoms with Crippen LogP contribution in [0.15, 0.2) is 65.2 Å². The highest BCUT2D eigenvalue weighted by atomic mass is 79.9. The lowest BCUT2D eigenvalue weighted by atomic mass is 10.1. The van der Waals surface area contributed by atoms with Crippen molar-refractivity contribution in [2.24, 2.45) is 0 Å². The summed E-state index contributed by atoms with van der Waals surface area (Å²) in [6.07, 6.45) is 3.10. The average Bonchev–Trinajstić information content (AvgIpc) is 2.90. The molecule has 0 aliphatic carbocycles. The fourth-order valence-electron chi connectivity index (χ4n) is 2.43. The summed E-state index contributed by atoms with van der Waals surface area (Å²) in [5.74, 6) is -0.430. The first-order chi connectivity index (χ1) is 12.5. The Hall–Kier alpha value is -2.57. The topological polar surface area (TPSA) is 58.6 Å². The van der Waals surface area contributed by atoms with Crippen molar-refractivity contribution in [2.45, 2.75) is 0 Å². The Balaban J connectivity index is 1.91. The van der Waals surface area contributed by atoms with Crippen molar-refractivity contribution >= 4 is 51.1 Å². The van der Waals surface area contributed by atoms with Crippen molar-refractivity contribution in [1.29, 1.82) is 0 Å². The number of halogens is 2. The number of nitrogens with zero attached hydrogens (tertiary/aromatic N) is 1. The first-order valence-electron chi connectivity index (χ1n) is 7.66. The molecule has 0 saturated carbocycles. The number of carbonyl (C=O) groups is 2. The Morgan fingerprint density at radius 3 is 2.62 bits per heavy atom. The largest absolute Gasteiger partial charge is 0.487 e. The van der Waals surface area contributed by atoms with E-state index in [1.54, 1.807) is 42.5 Å². The molecule has 0 spiro atoms. The molecular weight excluding hydrogens is 420 g/mol. The van der Waals surface area contributed by atoms with E-state index in [0.29, 0.717) is 33.1 Å². The molecule has 5 nitrogen and oxygen atoms in total. The summed E-state index contributed by atoms with van der Waals surface area (Å²) in [6.45, 7) is 3.90. The molecule has 0 aromatic heterocycles. The van der Waals surface area contributed by atoms with E-state index >= 15 is 0 Å². The lowest BCUT2D eigenvalue weighted by Gasteiger charge is -2.13. The highest BCUT2D eigenvalue weighted by Crippen LogP contribution is 2.35. The molecule has 7 heteroatoms. The fraction of sp³-hybridized carbons (Fsp3) is 0.0526. The molecule has 26 heavy (non-hydrogen) atoms. The maximum atomic E-state index is 12.6. The van der Waals surface area contributed by atoms with Gasteiger partial charge >= 0.3 is 0 Å². The molecule has 1 heterocycles. The summed E-state index contributed by atoms with van der Waals surface area (Å²) >= 11 is 9.63. The van der Waals surface area contributed by atoms with E-state index < -0.39 is 11.8 Å². The van der Waals surface area contributed by atoms with Crippen LogP contribution in [0.3, 0.4) is 0 Å². The first kappa shape index (κ1) is 18.2. The van der Waals surface area contributed by atoms with Gasteiger partial charge in [-0.2, -0.15) is 0 Å². The number of para-hydroxylation sites is 1. The minimum absolute atomic E-state index is 0.0246. The van der Waals surface area contributed by atoms with Crippen LogP contribution in [0.1, 0.15) is 5.56 Å². The zero-order valence-electron chi connectivity index (χ0n) is 13.5. The van der Waals surface area contributed by atoms with Gasteiger partial charge in [0.2, 0.25) is 0 Å². The number of ether oxygens (including phenoxy) is 1. The molecule has 1 saturated heterocycles. The number of carbonyl (C=O) groups excluding carboxylic acids is 2. The van der Waals surface area contributed by atoms with E-state index in [2.05, 4.69) is 27.9 Å². The SMILES string of the molecule is C=CCOc1c(Cl)cc(/C=C2/C(=O)NN(c3ccccc3)C2=O)cc1Br. The zero-order chi connectivity index (χ0) is 18.7. The van der Waals surface area contributed by atoms with Crippen LogP contribution >= 0.6 is 27.5 Å². The van der Waals surface area contributed by atoms with Gasteiger partial charge < -0.3 is 4.74 Å². The number of hydrogen-bond donors (Lipinski definition) is 1. The third kappa shape index (κ3) is 3.66. The van der Waals surface area contributed by atoms with Crippen LogP contribution in [-0.4, -0.2) is 18.4 Å². The predicted octanol–water partition coefficient (Wildman–Crippen LogP) is 4.13. The first-order valence-corrected chi connectivity index (χ1v) is 8.83. The van der Waals surface area contributed by atoms with Crippen LogP contribution in [0.25, 0.3) is 6.08 Å². The summed E-state index contributed by atoms with van der Waals surface area (Å²) in [5.41, 5.74) is 3.76. The normalized spacial score (nSPS) is 15.3. The smallest absolute Gasteiger partial charge is 0.282 e. The molecule has 1 aliphatic rings. The van der Waals surface area contributed by atoms with E-state index in [0.717, 1.165) is 0 Å². The van der Waals surface area contributed by atoms with E-state index in [-0.39, 0.29) is 5.57 Å². The van der Waals surface area contributed by atoms with Crippen LogP contribution in [0.2, 0.25) is 5.02 Å². The predicted molar refractivity (Wildman–Crippen MR) is 105 cm³/mol. The van der Waals surface area contributed by atoms with Gasteiger partial charge in [0.15, 0.2) is 5.75 Å². The molecule has 1 N–H and O–H groups in total. The maximum absolute atomic E-state index is 12.6. The van der Waals surface area contributed by atoms with E-state index in [4.69, 9.17) is 16.3 Å². The van der Waals surface area contributed by atoms with Crippen molar-refractivity contribution < 1.29 is 14.3 Å². The minimum atomic E-state index is -0.474. The Morgan fingerprint density at radius 1 is 1.23 bits per heavy atom. The molecule has 2 aromatic carbocycles. The number of hydrazine groups is 1. The number of anilines is 1. The number of hydrogen-bond acceptors (Lipinski definition) is 3. The summed E-state index contributed by atoms with van der Waals surface area (Å²) in [7, 11) is 0. The standard InChI is InChI=1S/C19H14BrClN2O3/c1-2-8-26-17-15(20)10-12(11-16(17)21)9-14-18(24)22-23(19(14)25)13-6-4-3-5-7-13/h2-7,9-11H,1,8H2,(H,22,24)/b14-9-. The fourth-order valence-corrected chi connectivity index (χ4v) is 3.41. The average molecular weight is 434 g/mol. The lowest BCUT2D eigenvalue weighted by molar-refractivity contribution is -0.117. The number of nitrogens with one attached hydrogen (secondary N) is 1. The van der Waals surface area contributed by atoms with Gasteiger partial charge in [-0.15, -0.1) is 0 Å². The maximum Gasteiger partial charge on any atom is 0.282 e. The van der Waals surface area contributed by atoms with Crippen molar-refractivity contribution in [1.82, 2.24) is 5.43 Å². The van der Waals surface area contributed by atoms with Gasteiger partial charge in [-0.25, -0.2) is 5.01 Å². The lowest BCUT2D eigenvalue weighted by Crippen LogP contribution is -2.35.